The minimum Gasteiger partial charge on any atom is -0.462 e. The lowest BCUT2D eigenvalue weighted by Gasteiger charge is -2.15. The van der Waals surface area contributed by atoms with Crippen LogP contribution in [-0.4, -0.2) is 36.4 Å². The molecule has 0 bridgehead atoms. The number of aliphatic hydroxyl groups is 1. The van der Waals surface area contributed by atoms with E-state index in [-0.39, 0.29) is 25.2 Å². The van der Waals surface area contributed by atoms with Crippen LogP contribution in [-0.2, 0) is 19.1 Å². The van der Waals surface area contributed by atoms with Crippen LogP contribution >= 0.6 is 0 Å². The van der Waals surface area contributed by atoms with Crippen molar-refractivity contribution in [3.05, 3.63) is 24.3 Å². The molecule has 0 aromatic rings. The van der Waals surface area contributed by atoms with Crippen molar-refractivity contribution < 1.29 is 24.2 Å². The lowest BCUT2D eigenvalue weighted by atomic mass is 10.0. The van der Waals surface area contributed by atoms with Crippen molar-refractivity contribution in [2.24, 2.45) is 0 Å². The van der Waals surface area contributed by atoms with E-state index in [9.17, 15) is 14.7 Å². The predicted octanol–water partition coefficient (Wildman–Crippen LogP) is 11.5. The third-order valence-corrected chi connectivity index (χ3v) is 8.23. The molecule has 0 fully saturated rings. The fourth-order valence-electron chi connectivity index (χ4n) is 5.34. The van der Waals surface area contributed by atoms with Gasteiger partial charge < -0.3 is 14.6 Å². The summed E-state index contributed by atoms with van der Waals surface area (Å²) in [5, 5.41) is 9.48. The van der Waals surface area contributed by atoms with E-state index in [4.69, 9.17) is 9.47 Å². The molecule has 0 saturated carbocycles. The van der Waals surface area contributed by atoms with Gasteiger partial charge in [0, 0.05) is 12.8 Å². The number of esters is 2. The summed E-state index contributed by atoms with van der Waals surface area (Å²) in [6, 6.07) is 0. The van der Waals surface area contributed by atoms with Crippen LogP contribution in [0, 0.1) is 0 Å². The highest BCUT2D eigenvalue weighted by molar-refractivity contribution is 5.70. The highest BCUT2D eigenvalue weighted by atomic mass is 16.6. The molecule has 0 unspecified atom stereocenters. The van der Waals surface area contributed by atoms with E-state index < -0.39 is 6.10 Å². The Labute approximate surface area is 273 Å². The molecule has 44 heavy (non-hydrogen) atoms. The van der Waals surface area contributed by atoms with E-state index in [1.165, 1.54) is 122 Å². The Balaban J connectivity index is 3.54. The molecule has 0 aliphatic carbocycles. The Morgan fingerprint density at radius 1 is 0.500 bits per heavy atom. The zero-order valence-electron chi connectivity index (χ0n) is 29.2. The number of unbranched alkanes of at least 4 members (excludes halogenated alkanes) is 22. The van der Waals surface area contributed by atoms with Crippen molar-refractivity contribution in [2.45, 2.75) is 200 Å². The summed E-state index contributed by atoms with van der Waals surface area (Å²) in [4.78, 5) is 24.0. The number of hydrogen-bond acceptors (Lipinski definition) is 5. The molecule has 0 aliphatic heterocycles. The van der Waals surface area contributed by atoms with Crippen LogP contribution in [0.15, 0.2) is 24.3 Å². The van der Waals surface area contributed by atoms with E-state index in [2.05, 4.69) is 38.2 Å². The average molecular weight is 621 g/mol. The van der Waals surface area contributed by atoms with E-state index in [0.29, 0.717) is 19.3 Å². The van der Waals surface area contributed by atoms with Crippen LogP contribution in [0.2, 0.25) is 0 Å². The lowest BCUT2D eigenvalue weighted by Crippen LogP contribution is -2.28. The van der Waals surface area contributed by atoms with E-state index in [1.54, 1.807) is 0 Å². The molecular formula is C39H72O5. The molecule has 0 spiro atoms. The monoisotopic (exact) mass is 621 g/mol. The molecule has 0 aromatic carbocycles. The van der Waals surface area contributed by atoms with Crippen molar-refractivity contribution in [1.29, 1.82) is 0 Å². The van der Waals surface area contributed by atoms with Crippen molar-refractivity contribution in [3.63, 3.8) is 0 Å². The molecule has 0 aliphatic rings. The van der Waals surface area contributed by atoms with Gasteiger partial charge in [0.25, 0.3) is 0 Å². The van der Waals surface area contributed by atoms with Crippen LogP contribution in [0.1, 0.15) is 194 Å². The normalized spacial score (nSPS) is 12.3. The van der Waals surface area contributed by atoms with Gasteiger partial charge in [0.2, 0.25) is 0 Å². The highest BCUT2D eigenvalue weighted by Gasteiger charge is 2.15. The second-order valence-electron chi connectivity index (χ2n) is 12.6. The smallest absolute Gasteiger partial charge is 0.306 e. The predicted molar refractivity (Wildman–Crippen MR) is 187 cm³/mol. The van der Waals surface area contributed by atoms with Gasteiger partial charge in [-0.05, 0) is 44.9 Å². The maximum Gasteiger partial charge on any atom is 0.306 e. The molecule has 5 heteroatoms. The Bertz CT molecular complexity index is 671. The zero-order valence-corrected chi connectivity index (χ0v) is 29.2. The first-order chi connectivity index (χ1) is 21.6. The summed E-state index contributed by atoms with van der Waals surface area (Å²) in [7, 11) is 0. The van der Waals surface area contributed by atoms with Crippen LogP contribution in [0.5, 0.6) is 0 Å². The Kier molecular flexibility index (Phi) is 34.5. The molecule has 258 valence electrons. The number of carbonyl (C=O) groups excluding carboxylic acids is 2. The minimum absolute atomic E-state index is 0.0790. The van der Waals surface area contributed by atoms with Crippen molar-refractivity contribution in [2.75, 3.05) is 13.2 Å². The molecule has 0 amide bonds. The second kappa shape index (κ2) is 35.9. The van der Waals surface area contributed by atoms with Crippen molar-refractivity contribution in [3.8, 4) is 0 Å². The molecule has 0 radical (unpaired) electrons. The van der Waals surface area contributed by atoms with E-state index in [1.807, 2.05) is 0 Å². The highest BCUT2D eigenvalue weighted by Crippen LogP contribution is 2.14. The van der Waals surface area contributed by atoms with Crippen LogP contribution in [0.4, 0.5) is 0 Å². The van der Waals surface area contributed by atoms with E-state index >= 15 is 0 Å². The first kappa shape index (κ1) is 42.4. The molecule has 0 aromatic heterocycles. The molecule has 0 saturated heterocycles. The summed E-state index contributed by atoms with van der Waals surface area (Å²) in [6.45, 7) is 4.06. The summed E-state index contributed by atoms with van der Waals surface area (Å²) in [5.41, 5.74) is 0. The fraction of sp³-hybridized carbons (Fsp3) is 0.846. The Morgan fingerprint density at radius 3 is 1.36 bits per heavy atom. The van der Waals surface area contributed by atoms with Gasteiger partial charge in [-0.25, -0.2) is 0 Å². The van der Waals surface area contributed by atoms with E-state index in [0.717, 1.165) is 38.5 Å². The van der Waals surface area contributed by atoms with Gasteiger partial charge in [-0.1, -0.05) is 160 Å². The van der Waals surface area contributed by atoms with Crippen LogP contribution in [0.3, 0.4) is 0 Å². The third kappa shape index (κ3) is 33.3. The third-order valence-electron chi connectivity index (χ3n) is 8.23. The Hall–Kier alpha value is -1.62. The Morgan fingerprint density at radius 2 is 0.886 bits per heavy atom. The maximum atomic E-state index is 12.1. The molecule has 1 atom stereocenters. The van der Waals surface area contributed by atoms with Gasteiger partial charge in [-0.3, -0.25) is 9.59 Å². The van der Waals surface area contributed by atoms with Gasteiger partial charge in [0.05, 0.1) is 6.61 Å². The molecule has 1 N–H and O–H groups in total. The second-order valence-corrected chi connectivity index (χ2v) is 12.6. The SMILES string of the molecule is CCCCCCCCCCCCCCCC/C=C/CC/C=C/CCCC(=O)O[C@@H](CO)COC(=O)CCCCCCCCC. The van der Waals surface area contributed by atoms with Gasteiger partial charge in [0.1, 0.15) is 6.61 Å². The lowest BCUT2D eigenvalue weighted by molar-refractivity contribution is -0.161. The fourth-order valence-corrected chi connectivity index (χ4v) is 5.34. The topological polar surface area (TPSA) is 72.8 Å². The summed E-state index contributed by atoms with van der Waals surface area (Å²) >= 11 is 0. The minimum atomic E-state index is -0.785. The standard InChI is InChI=1S/C39H72O5/c1-3-5-7-9-11-12-13-14-15-16-17-18-19-20-21-22-23-24-25-26-28-30-32-34-39(42)44-37(35-40)36-43-38(41)33-31-29-27-10-8-6-4-2/h22-23,26,28,37,40H,3-21,24-25,27,29-36H2,1-2H3/b23-22+,28-26+/t37-/m0/s1. The number of allylic oxidation sites excluding steroid dienone is 4. The largest absolute Gasteiger partial charge is 0.462 e. The summed E-state index contributed by atoms with van der Waals surface area (Å²) in [6.07, 6.45) is 41.3. The summed E-state index contributed by atoms with van der Waals surface area (Å²) in [5.74, 6) is -0.644. The maximum absolute atomic E-state index is 12.1. The van der Waals surface area contributed by atoms with Gasteiger partial charge in [-0.15, -0.1) is 0 Å². The van der Waals surface area contributed by atoms with Gasteiger partial charge in [-0.2, -0.15) is 0 Å². The quantitative estimate of drug-likeness (QED) is 0.0440. The molecule has 0 heterocycles. The first-order valence-electron chi connectivity index (χ1n) is 18.9. The van der Waals surface area contributed by atoms with Crippen molar-refractivity contribution in [1.82, 2.24) is 0 Å². The van der Waals surface area contributed by atoms with Crippen molar-refractivity contribution >= 4 is 11.9 Å². The van der Waals surface area contributed by atoms with Crippen LogP contribution < -0.4 is 0 Å². The zero-order chi connectivity index (χ0) is 32.2. The number of carbonyl (C=O) groups is 2. The number of hydrogen-bond donors (Lipinski definition) is 1. The average Bonchev–Trinajstić information content (AvgIpc) is 3.02. The van der Waals surface area contributed by atoms with Gasteiger partial charge >= 0.3 is 11.9 Å². The molecule has 0 rings (SSSR count). The number of aliphatic hydroxyl groups excluding tert-OH is 1. The summed E-state index contributed by atoms with van der Waals surface area (Å²) < 4.78 is 10.5. The molecule has 5 nitrogen and oxygen atoms in total. The van der Waals surface area contributed by atoms with Gasteiger partial charge in [0.15, 0.2) is 6.10 Å². The first-order valence-corrected chi connectivity index (χ1v) is 18.9. The molecular weight excluding hydrogens is 548 g/mol. The number of ether oxygens (including phenoxy) is 2. The number of rotatable bonds is 34. The van der Waals surface area contributed by atoms with Crippen LogP contribution in [0.25, 0.3) is 0 Å².